The van der Waals surface area contributed by atoms with Crippen molar-refractivity contribution in [3.63, 3.8) is 0 Å². The fourth-order valence-electron chi connectivity index (χ4n) is 1.28. The molecule has 1 fully saturated rings. The molecule has 0 aromatic carbocycles. The highest BCUT2D eigenvalue weighted by molar-refractivity contribution is 14.1. The lowest BCUT2D eigenvalue weighted by atomic mass is 9.97. The summed E-state index contributed by atoms with van der Waals surface area (Å²) >= 11 is 2.10. The summed E-state index contributed by atoms with van der Waals surface area (Å²) in [4.78, 5) is 0. The Balaban J connectivity index is 2.59. The normalized spacial score (nSPS) is 46.4. The van der Waals surface area contributed by atoms with E-state index in [2.05, 4.69) is 22.6 Å². The summed E-state index contributed by atoms with van der Waals surface area (Å²) < 4.78 is 5.66. The molecule has 0 aromatic heterocycles. The Bertz CT molecular complexity index is 167. The average molecular weight is 304 g/mol. The zero-order valence-corrected chi connectivity index (χ0v) is 9.03. The SMILES string of the molecule is OC1O[C@H](CCI)[C@@H](O)[C@H](O)[C@H]1O. The number of aliphatic hydroxyl groups is 4. The zero-order chi connectivity index (χ0) is 10.0. The standard InChI is InChI=1S/C7H13IO5/c8-2-1-3-4(9)5(10)6(11)7(12)13-3/h3-7,9-12H,1-2H2/t3-,4-,5+,6-,7?/m1/s1. The molecule has 1 saturated heterocycles. The van der Waals surface area contributed by atoms with E-state index in [1.165, 1.54) is 0 Å². The quantitative estimate of drug-likeness (QED) is 0.373. The van der Waals surface area contributed by atoms with E-state index >= 15 is 0 Å². The molecular weight excluding hydrogens is 291 g/mol. The summed E-state index contributed by atoms with van der Waals surface area (Å²) in [7, 11) is 0. The first-order valence-electron chi connectivity index (χ1n) is 4.01. The Labute approximate surface area is 89.5 Å². The second kappa shape index (κ2) is 4.85. The van der Waals surface area contributed by atoms with Crippen molar-refractivity contribution < 1.29 is 25.2 Å². The molecule has 1 rings (SSSR count). The largest absolute Gasteiger partial charge is 0.388 e. The third-order valence-corrected chi connectivity index (χ3v) is 2.70. The Kier molecular flexibility index (Phi) is 4.33. The maximum absolute atomic E-state index is 9.41. The topological polar surface area (TPSA) is 90.2 Å². The molecule has 4 N–H and O–H groups in total. The molecule has 0 saturated carbocycles. The van der Waals surface area contributed by atoms with Crippen LogP contribution < -0.4 is 0 Å². The van der Waals surface area contributed by atoms with Gasteiger partial charge < -0.3 is 25.2 Å². The van der Waals surface area contributed by atoms with Crippen LogP contribution in [0, 0.1) is 0 Å². The Morgan fingerprint density at radius 2 is 1.62 bits per heavy atom. The van der Waals surface area contributed by atoms with Crippen LogP contribution in [-0.2, 0) is 4.74 Å². The summed E-state index contributed by atoms with van der Waals surface area (Å²) in [5.74, 6) is 0. The molecule has 0 radical (unpaired) electrons. The molecule has 1 heterocycles. The van der Waals surface area contributed by atoms with E-state index in [9.17, 15) is 10.2 Å². The van der Waals surface area contributed by atoms with Gasteiger partial charge >= 0.3 is 0 Å². The minimum Gasteiger partial charge on any atom is -0.388 e. The van der Waals surface area contributed by atoms with Gasteiger partial charge in [-0.15, -0.1) is 0 Å². The number of alkyl halides is 1. The van der Waals surface area contributed by atoms with Gasteiger partial charge in [-0.2, -0.15) is 0 Å². The van der Waals surface area contributed by atoms with Crippen LogP contribution in [-0.4, -0.2) is 55.6 Å². The molecule has 0 aliphatic carbocycles. The van der Waals surface area contributed by atoms with Crippen molar-refractivity contribution in [1.29, 1.82) is 0 Å². The first kappa shape index (κ1) is 11.6. The minimum absolute atomic E-state index is 0.530. The lowest BCUT2D eigenvalue weighted by Gasteiger charge is -2.38. The second-order valence-electron chi connectivity index (χ2n) is 3.01. The molecule has 5 nitrogen and oxygen atoms in total. The lowest BCUT2D eigenvalue weighted by Crippen LogP contribution is -2.57. The monoisotopic (exact) mass is 304 g/mol. The van der Waals surface area contributed by atoms with Crippen molar-refractivity contribution in [3.8, 4) is 0 Å². The van der Waals surface area contributed by atoms with Crippen molar-refractivity contribution >= 4 is 22.6 Å². The Hall–Kier alpha value is 0.530. The zero-order valence-electron chi connectivity index (χ0n) is 6.88. The first-order valence-corrected chi connectivity index (χ1v) is 5.54. The van der Waals surface area contributed by atoms with Crippen molar-refractivity contribution in [1.82, 2.24) is 0 Å². The van der Waals surface area contributed by atoms with Crippen LogP contribution in [0.3, 0.4) is 0 Å². The molecule has 78 valence electrons. The van der Waals surface area contributed by atoms with Crippen LogP contribution in [0.2, 0.25) is 0 Å². The Morgan fingerprint density at radius 1 is 1.00 bits per heavy atom. The highest BCUT2D eigenvalue weighted by atomic mass is 127. The number of hydrogen-bond acceptors (Lipinski definition) is 5. The van der Waals surface area contributed by atoms with E-state index in [-0.39, 0.29) is 0 Å². The number of aliphatic hydroxyl groups excluding tert-OH is 4. The summed E-state index contributed by atoms with van der Waals surface area (Å²) in [6.07, 6.45) is -5.38. The molecule has 1 unspecified atom stereocenters. The van der Waals surface area contributed by atoms with Crippen LogP contribution >= 0.6 is 22.6 Å². The molecule has 5 atom stereocenters. The van der Waals surface area contributed by atoms with E-state index in [0.29, 0.717) is 6.42 Å². The molecule has 0 bridgehead atoms. The summed E-state index contributed by atoms with van der Waals surface area (Å²) in [6, 6.07) is 0. The number of rotatable bonds is 2. The number of halogens is 1. The maximum atomic E-state index is 9.41. The highest BCUT2D eigenvalue weighted by Crippen LogP contribution is 2.22. The molecule has 0 spiro atoms. The van der Waals surface area contributed by atoms with Crippen molar-refractivity contribution in [2.75, 3.05) is 4.43 Å². The van der Waals surface area contributed by atoms with E-state index in [1.54, 1.807) is 0 Å². The molecule has 0 amide bonds. The molecular formula is C7H13IO5. The van der Waals surface area contributed by atoms with Gasteiger partial charge in [0.15, 0.2) is 6.29 Å². The van der Waals surface area contributed by atoms with Gasteiger partial charge in [-0.3, -0.25) is 0 Å². The summed E-state index contributed by atoms with van der Waals surface area (Å²) in [5, 5.41) is 36.9. The molecule has 0 aromatic rings. The fraction of sp³-hybridized carbons (Fsp3) is 1.00. The first-order chi connectivity index (χ1) is 6.07. The van der Waals surface area contributed by atoms with Gasteiger partial charge in [-0.05, 0) is 6.42 Å². The minimum atomic E-state index is -1.43. The van der Waals surface area contributed by atoms with Crippen LogP contribution in [0.15, 0.2) is 0 Å². The van der Waals surface area contributed by atoms with Crippen LogP contribution in [0.4, 0.5) is 0 Å². The number of ether oxygens (including phenoxy) is 1. The third-order valence-electron chi connectivity index (χ3n) is 2.08. The lowest BCUT2D eigenvalue weighted by molar-refractivity contribution is -0.281. The van der Waals surface area contributed by atoms with Gasteiger partial charge in [0, 0.05) is 4.43 Å². The van der Waals surface area contributed by atoms with Gasteiger partial charge in [0.25, 0.3) is 0 Å². The maximum Gasteiger partial charge on any atom is 0.183 e. The van der Waals surface area contributed by atoms with Crippen LogP contribution in [0.5, 0.6) is 0 Å². The fourth-order valence-corrected chi connectivity index (χ4v) is 1.89. The number of hydrogen-bond donors (Lipinski definition) is 4. The van der Waals surface area contributed by atoms with E-state index in [1.807, 2.05) is 0 Å². The van der Waals surface area contributed by atoms with Gasteiger partial charge in [0.2, 0.25) is 0 Å². The average Bonchev–Trinajstić information content (AvgIpc) is 2.11. The smallest absolute Gasteiger partial charge is 0.183 e. The van der Waals surface area contributed by atoms with Crippen molar-refractivity contribution in [2.45, 2.75) is 37.1 Å². The summed E-state index contributed by atoms with van der Waals surface area (Å²) in [6.45, 7) is 0. The van der Waals surface area contributed by atoms with E-state index in [0.717, 1.165) is 4.43 Å². The van der Waals surface area contributed by atoms with E-state index in [4.69, 9.17) is 14.9 Å². The van der Waals surface area contributed by atoms with Gasteiger partial charge in [-0.25, -0.2) is 0 Å². The van der Waals surface area contributed by atoms with Gasteiger partial charge in [-0.1, -0.05) is 22.6 Å². The summed E-state index contributed by atoms with van der Waals surface area (Å²) in [5.41, 5.74) is 0. The second-order valence-corrected chi connectivity index (χ2v) is 4.09. The van der Waals surface area contributed by atoms with E-state index < -0.39 is 30.7 Å². The molecule has 1 aliphatic rings. The van der Waals surface area contributed by atoms with Crippen LogP contribution in [0.1, 0.15) is 6.42 Å². The van der Waals surface area contributed by atoms with Gasteiger partial charge in [0.05, 0.1) is 6.10 Å². The predicted octanol–water partition coefficient (Wildman–Crippen LogP) is -1.39. The molecule has 13 heavy (non-hydrogen) atoms. The predicted molar refractivity (Wildman–Crippen MR) is 52.4 cm³/mol. The molecule has 6 heteroatoms. The molecule has 1 aliphatic heterocycles. The third kappa shape index (κ3) is 2.51. The van der Waals surface area contributed by atoms with Gasteiger partial charge in [0.1, 0.15) is 18.3 Å². The highest BCUT2D eigenvalue weighted by Gasteiger charge is 2.42. The van der Waals surface area contributed by atoms with Crippen LogP contribution in [0.25, 0.3) is 0 Å². The van der Waals surface area contributed by atoms with Crippen molar-refractivity contribution in [3.05, 3.63) is 0 Å². The Morgan fingerprint density at radius 3 is 2.15 bits per heavy atom. The van der Waals surface area contributed by atoms with Crippen molar-refractivity contribution in [2.24, 2.45) is 0 Å².